The van der Waals surface area contributed by atoms with Crippen LogP contribution in [-0.4, -0.2) is 3.42 Å². The average molecular weight is 470 g/mol. The Balaban J connectivity index is 1.92. The molecule has 3 aliphatic carbocycles. The number of hydrogen-bond donors (Lipinski definition) is 0. The lowest BCUT2D eigenvalue weighted by Gasteiger charge is -2.42. The van der Waals surface area contributed by atoms with Gasteiger partial charge in [-0.05, 0) is 87.4 Å². The van der Waals surface area contributed by atoms with Crippen molar-refractivity contribution in [3.05, 3.63) is 9.66 Å². The summed E-state index contributed by atoms with van der Waals surface area (Å²) < 4.78 is 2.18. The molecule has 2 fully saturated rings. The SMILES string of the molecule is CC1(I)CCC2C3CC=C(I)CC3C(C)(C)C2C1. The van der Waals surface area contributed by atoms with Gasteiger partial charge in [-0.1, -0.05) is 49.4 Å². The molecule has 5 unspecified atom stereocenters. The highest BCUT2D eigenvalue weighted by Crippen LogP contribution is 2.65. The summed E-state index contributed by atoms with van der Waals surface area (Å²) in [6.45, 7) is 7.62. The lowest BCUT2D eigenvalue weighted by Crippen LogP contribution is -2.36. The predicted molar refractivity (Wildman–Crippen MR) is 95.4 cm³/mol. The van der Waals surface area contributed by atoms with E-state index in [0.29, 0.717) is 8.84 Å². The first kappa shape index (κ1) is 14.2. The van der Waals surface area contributed by atoms with Gasteiger partial charge in [-0.15, -0.1) is 0 Å². The van der Waals surface area contributed by atoms with E-state index in [1.807, 2.05) is 0 Å². The van der Waals surface area contributed by atoms with E-state index in [9.17, 15) is 0 Å². The van der Waals surface area contributed by atoms with E-state index in [4.69, 9.17) is 0 Å². The van der Waals surface area contributed by atoms with Crippen molar-refractivity contribution in [3.8, 4) is 0 Å². The minimum absolute atomic E-state index is 0.560. The van der Waals surface area contributed by atoms with E-state index in [0.717, 1.165) is 23.7 Å². The fourth-order valence-electron chi connectivity index (χ4n) is 5.14. The van der Waals surface area contributed by atoms with Gasteiger partial charge in [0.2, 0.25) is 0 Å². The van der Waals surface area contributed by atoms with Crippen molar-refractivity contribution in [1.82, 2.24) is 0 Å². The van der Waals surface area contributed by atoms with Gasteiger partial charge in [0.15, 0.2) is 0 Å². The molecule has 0 aromatic rings. The van der Waals surface area contributed by atoms with Gasteiger partial charge in [0.05, 0.1) is 0 Å². The quantitative estimate of drug-likeness (QED) is 0.302. The predicted octanol–water partition coefficient (Wildman–Crippen LogP) is 5.98. The van der Waals surface area contributed by atoms with Gasteiger partial charge in [-0.2, -0.15) is 0 Å². The second-order valence-electron chi connectivity index (χ2n) is 7.61. The summed E-state index contributed by atoms with van der Waals surface area (Å²) in [4.78, 5) is 0. The molecule has 0 saturated heterocycles. The molecule has 0 aromatic heterocycles. The number of rotatable bonds is 0. The third-order valence-corrected chi connectivity index (χ3v) is 8.03. The van der Waals surface area contributed by atoms with E-state index in [1.54, 1.807) is 3.58 Å². The molecule has 2 heteroatoms. The van der Waals surface area contributed by atoms with E-state index in [2.05, 4.69) is 72.0 Å². The summed E-state index contributed by atoms with van der Waals surface area (Å²) in [5.74, 6) is 3.94. The first-order chi connectivity index (χ1) is 8.31. The van der Waals surface area contributed by atoms with Crippen molar-refractivity contribution in [1.29, 1.82) is 0 Å². The molecular weight excluding hydrogens is 446 g/mol. The van der Waals surface area contributed by atoms with E-state index in [-0.39, 0.29) is 0 Å². The molecule has 0 nitrogen and oxygen atoms in total. The number of halogens is 2. The summed E-state index contributed by atoms with van der Waals surface area (Å²) in [7, 11) is 0. The normalized spacial score (nSPS) is 50.4. The molecule has 0 aliphatic heterocycles. The average Bonchev–Trinajstić information content (AvgIpc) is 2.47. The molecule has 0 amide bonds. The monoisotopic (exact) mass is 470 g/mol. The van der Waals surface area contributed by atoms with Gasteiger partial charge in [0.1, 0.15) is 0 Å². The molecule has 102 valence electrons. The van der Waals surface area contributed by atoms with Gasteiger partial charge in [-0.3, -0.25) is 0 Å². The summed E-state index contributed by atoms with van der Waals surface area (Å²) in [5.41, 5.74) is 0.562. The highest BCUT2D eigenvalue weighted by molar-refractivity contribution is 14.1. The molecule has 0 aromatic carbocycles. The smallest absolute Gasteiger partial charge is 0.0197 e. The Labute approximate surface area is 139 Å². The topological polar surface area (TPSA) is 0 Å². The van der Waals surface area contributed by atoms with Crippen LogP contribution in [0.2, 0.25) is 0 Å². The summed E-state index contributed by atoms with van der Waals surface area (Å²) >= 11 is 5.30. The van der Waals surface area contributed by atoms with Crippen LogP contribution in [0.3, 0.4) is 0 Å². The van der Waals surface area contributed by atoms with E-state index >= 15 is 0 Å². The fourth-order valence-corrected chi connectivity index (χ4v) is 6.66. The molecule has 5 atom stereocenters. The second-order valence-corrected chi connectivity index (χ2v) is 11.6. The Morgan fingerprint density at radius 3 is 2.61 bits per heavy atom. The minimum Gasteiger partial charge on any atom is -0.0792 e. The van der Waals surface area contributed by atoms with E-state index < -0.39 is 0 Å². The third-order valence-electron chi connectivity index (χ3n) is 6.17. The summed E-state index contributed by atoms with van der Waals surface area (Å²) in [5, 5.41) is 0. The van der Waals surface area contributed by atoms with Crippen LogP contribution >= 0.6 is 45.2 Å². The van der Waals surface area contributed by atoms with Crippen LogP contribution in [0, 0.1) is 29.1 Å². The summed E-state index contributed by atoms with van der Waals surface area (Å²) in [6, 6.07) is 0. The van der Waals surface area contributed by atoms with Gasteiger partial charge in [0.25, 0.3) is 0 Å². The summed E-state index contributed by atoms with van der Waals surface area (Å²) in [6.07, 6.45) is 9.63. The van der Waals surface area contributed by atoms with Gasteiger partial charge in [-0.25, -0.2) is 0 Å². The zero-order chi connectivity index (χ0) is 13.1. The second kappa shape index (κ2) is 4.60. The van der Waals surface area contributed by atoms with Crippen molar-refractivity contribution in [2.75, 3.05) is 0 Å². The van der Waals surface area contributed by atoms with Crippen LogP contribution in [0.5, 0.6) is 0 Å². The zero-order valence-electron chi connectivity index (χ0n) is 11.7. The van der Waals surface area contributed by atoms with Crippen molar-refractivity contribution >= 4 is 45.2 Å². The van der Waals surface area contributed by atoms with Crippen LogP contribution < -0.4 is 0 Å². The van der Waals surface area contributed by atoms with Crippen molar-refractivity contribution < 1.29 is 0 Å². The first-order valence-corrected chi connectivity index (χ1v) is 9.50. The van der Waals surface area contributed by atoms with Gasteiger partial charge in [0, 0.05) is 3.42 Å². The molecule has 3 aliphatic rings. The number of alkyl halides is 1. The molecule has 0 radical (unpaired) electrons. The maximum Gasteiger partial charge on any atom is 0.0197 e. The van der Waals surface area contributed by atoms with Crippen LogP contribution in [0.25, 0.3) is 0 Å². The Hall–Kier alpha value is 1.20. The van der Waals surface area contributed by atoms with Crippen molar-refractivity contribution in [2.45, 2.75) is 56.3 Å². The van der Waals surface area contributed by atoms with Crippen LogP contribution in [0.4, 0.5) is 0 Å². The standard InChI is InChI=1S/C16H24I2/c1-15(2)13-8-10(17)4-5-11(13)12-6-7-16(3,18)9-14(12)15/h4,11-14H,5-9H2,1-3H3. The molecule has 3 rings (SSSR count). The Bertz CT molecular complexity index is 381. The Morgan fingerprint density at radius 1 is 1.17 bits per heavy atom. The number of hydrogen-bond acceptors (Lipinski definition) is 0. The van der Waals surface area contributed by atoms with E-state index in [1.165, 1.54) is 32.1 Å². The molecule has 0 spiro atoms. The number of allylic oxidation sites excluding steroid dienone is 2. The van der Waals surface area contributed by atoms with Crippen LogP contribution in [0.15, 0.2) is 9.66 Å². The highest BCUT2D eigenvalue weighted by Gasteiger charge is 2.57. The molecule has 0 bridgehead atoms. The molecule has 0 heterocycles. The zero-order valence-corrected chi connectivity index (χ0v) is 16.0. The molecule has 0 N–H and O–H groups in total. The molecular formula is C16H24I2. The third kappa shape index (κ3) is 2.21. The van der Waals surface area contributed by atoms with Crippen LogP contribution in [-0.2, 0) is 0 Å². The highest BCUT2D eigenvalue weighted by atomic mass is 127. The maximum absolute atomic E-state index is 2.73. The van der Waals surface area contributed by atoms with Gasteiger partial charge >= 0.3 is 0 Å². The lowest BCUT2D eigenvalue weighted by molar-refractivity contribution is 0.124. The molecule has 18 heavy (non-hydrogen) atoms. The van der Waals surface area contributed by atoms with Crippen molar-refractivity contribution in [3.63, 3.8) is 0 Å². The fraction of sp³-hybridized carbons (Fsp3) is 0.875. The first-order valence-electron chi connectivity index (χ1n) is 7.35. The van der Waals surface area contributed by atoms with Gasteiger partial charge < -0.3 is 0 Å². The van der Waals surface area contributed by atoms with Crippen molar-refractivity contribution in [2.24, 2.45) is 29.1 Å². The van der Waals surface area contributed by atoms with Crippen LogP contribution in [0.1, 0.15) is 52.9 Å². The lowest BCUT2D eigenvalue weighted by atomic mass is 9.66. The Kier molecular flexibility index (Phi) is 3.62. The molecule has 2 saturated carbocycles. The largest absolute Gasteiger partial charge is 0.0792 e. The Morgan fingerprint density at radius 2 is 1.89 bits per heavy atom. The minimum atomic E-state index is 0.560. The number of fused-ring (bicyclic) bond motifs is 3. The maximum atomic E-state index is 2.73.